The van der Waals surface area contributed by atoms with Gasteiger partial charge in [-0.15, -0.1) is 0 Å². The third-order valence-electron chi connectivity index (χ3n) is 3.02. The maximum Gasteiger partial charge on any atom is 0.240 e. The number of aromatic nitrogens is 2. The molecule has 2 rings (SSSR count). The molecule has 98 valence electrons. The standard InChI is InChI=1S/C13H20N4O/c1-9(2)16-12-4-5-17(13(12)18)8-11-7-14-10(3)6-15-11/h6-7,9,12,16H,4-5,8H2,1-3H3. The van der Waals surface area contributed by atoms with Crippen molar-refractivity contribution in [1.82, 2.24) is 20.2 Å². The lowest BCUT2D eigenvalue weighted by Crippen LogP contribution is -2.41. The summed E-state index contributed by atoms with van der Waals surface area (Å²) in [7, 11) is 0. The second kappa shape index (κ2) is 5.44. The van der Waals surface area contributed by atoms with Crippen LogP contribution >= 0.6 is 0 Å². The molecule has 2 heterocycles. The fourth-order valence-corrected chi connectivity index (χ4v) is 2.15. The van der Waals surface area contributed by atoms with E-state index >= 15 is 0 Å². The maximum atomic E-state index is 12.1. The molecule has 1 aliphatic heterocycles. The normalized spacial score (nSPS) is 19.9. The average Bonchev–Trinajstić information content (AvgIpc) is 2.64. The molecule has 0 aliphatic carbocycles. The highest BCUT2D eigenvalue weighted by molar-refractivity contribution is 5.83. The van der Waals surface area contributed by atoms with Crippen molar-refractivity contribution in [2.24, 2.45) is 0 Å². The van der Waals surface area contributed by atoms with Crippen LogP contribution in [0, 0.1) is 6.92 Å². The first-order valence-electron chi connectivity index (χ1n) is 6.38. The molecule has 1 saturated heterocycles. The van der Waals surface area contributed by atoms with Crippen molar-refractivity contribution in [3.8, 4) is 0 Å². The first kappa shape index (κ1) is 13.0. The zero-order valence-corrected chi connectivity index (χ0v) is 11.2. The molecule has 1 aliphatic rings. The SMILES string of the molecule is Cc1cnc(CN2CCC(NC(C)C)C2=O)cn1. The Labute approximate surface area is 108 Å². The number of aryl methyl sites for hydroxylation is 1. The second-order valence-electron chi connectivity index (χ2n) is 5.07. The Morgan fingerprint density at radius 2 is 2.22 bits per heavy atom. The summed E-state index contributed by atoms with van der Waals surface area (Å²) in [5.41, 5.74) is 1.74. The van der Waals surface area contributed by atoms with E-state index in [0.717, 1.165) is 24.4 Å². The molecule has 0 spiro atoms. The number of hydrogen-bond donors (Lipinski definition) is 1. The summed E-state index contributed by atoms with van der Waals surface area (Å²) >= 11 is 0. The van der Waals surface area contributed by atoms with Crippen LogP contribution in [0.1, 0.15) is 31.7 Å². The molecule has 1 fully saturated rings. The van der Waals surface area contributed by atoms with Crippen LogP contribution in [-0.2, 0) is 11.3 Å². The molecule has 1 aromatic rings. The fourth-order valence-electron chi connectivity index (χ4n) is 2.15. The van der Waals surface area contributed by atoms with Crippen LogP contribution < -0.4 is 5.32 Å². The molecule has 0 aromatic carbocycles. The zero-order valence-electron chi connectivity index (χ0n) is 11.2. The minimum absolute atomic E-state index is 0.0385. The van der Waals surface area contributed by atoms with E-state index in [4.69, 9.17) is 0 Å². The van der Waals surface area contributed by atoms with Crippen LogP contribution in [0.3, 0.4) is 0 Å². The van der Waals surface area contributed by atoms with Crippen molar-refractivity contribution in [3.05, 3.63) is 23.8 Å². The van der Waals surface area contributed by atoms with Crippen LogP contribution in [0.4, 0.5) is 0 Å². The quantitative estimate of drug-likeness (QED) is 0.859. The van der Waals surface area contributed by atoms with E-state index in [0.29, 0.717) is 12.6 Å². The lowest BCUT2D eigenvalue weighted by molar-refractivity contribution is -0.130. The highest BCUT2D eigenvalue weighted by atomic mass is 16.2. The number of hydrogen-bond acceptors (Lipinski definition) is 4. The minimum atomic E-state index is -0.0385. The fraction of sp³-hybridized carbons (Fsp3) is 0.615. The first-order valence-corrected chi connectivity index (χ1v) is 6.38. The van der Waals surface area contributed by atoms with E-state index in [-0.39, 0.29) is 11.9 Å². The number of carbonyl (C=O) groups is 1. The molecule has 1 amide bonds. The van der Waals surface area contributed by atoms with Crippen LogP contribution in [-0.4, -0.2) is 39.4 Å². The van der Waals surface area contributed by atoms with Gasteiger partial charge >= 0.3 is 0 Å². The molecule has 0 saturated carbocycles. The van der Waals surface area contributed by atoms with Crippen LogP contribution in [0.15, 0.2) is 12.4 Å². The predicted octanol–water partition coefficient (Wildman–Crippen LogP) is 0.884. The zero-order chi connectivity index (χ0) is 13.1. The van der Waals surface area contributed by atoms with E-state index in [9.17, 15) is 4.79 Å². The molecule has 5 heteroatoms. The number of nitrogens with zero attached hydrogens (tertiary/aromatic N) is 3. The topological polar surface area (TPSA) is 58.1 Å². The number of nitrogens with one attached hydrogen (secondary N) is 1. The Hall–Kier alpha value is -1.49. The third kappa shape index (κ3) is 3.04. The molecule has 5 nitrogen and oxygen atoms in total. The number of amides is 1. The van der Waals surface area contributed by atoms with Crippen molar-refractivity contribution in [1.29, 1.82) is 0 Å². The summed E-state index contributed by atoms with van der Waals surface area (Å²) in [5, 5.41) is 3.29. The van der Waals surface area contributed by atoms with Gasteiger partial charge in [-0.1, -0.05) is 13.8 Å². The molecule has 0 radical (unpaired) electrons. The molecule has 1 aromatic heterocycles. The molecule has 1 unspecified atom stereocenters. The second-order valence-corrected chi connectivity index (χ2v) is 5.07. The highest BCUT2D eigenvalue weighted by Gasteiger charge is 2.31. The van der Waals surface area contributed by atoms with Gasteiger partial charge in [0.1, 0.15) is 0 Å². The molecular formula is C13H20N4O. The minimum Gasteiger partial charge on any atom is -0.335 e. The van der Waals surface area contributed by atoms with E-state index in [1.54, 1.807) is 12.4 Å². The Kier molecular flexibility index (Phi) is 3.91. The van der Waals surface area contributed by atoms with Gasteiger partial charge in [-0.25, -0.2) is 0 Å². The van der Waals surface area contributed by atoms with Gasteiger partial charge in [-0.3, -0.25) is 14.8 Å². The van der Waals surface area contributed by atoms with Crippen molar-refractivity contribution in [2.75, 3.05) is 6.54 Å². The Bertz CT molecular complexity index is 416. The Morgan fingerprint density at radius 1 is 1.44 bits per heavy atom. The van der Waals surface area contributed by atoms with E-state index < -0.39 is 0 Å². The lowest BCUT2D eigenvalue weighted by Gasteiger charge is -2.17. The van der Waals surface area contributed by atoms with Gasteiger partial charge in [-0.05, 0) is 13.3 Å². The largest absolute Gasteiger partial charge is 0.335 e. The summed E-state index contributed by atoms with van der Waals surface area (Å²) in [6.07, 6.45) is 4.35. The summed E-state index contributed by atoms with van der Waals surface area (Å²) < 4.78 is 0. The lowest BCUT2D eigenvalue weighted by atomic mass is 10.2. The molecular weight excluding hydrogens is 228 g/mol. The van der Waals surface area contributed by atoms with Gasteiger partial charge in [0.2, 0.25) is 5.91 Å². The van der Waals surface area contributed by atoms with Crippen LogP contribution in [0.25, 0.3) is 0 Å². The van der Waals surface area contributed by atoms with E-state index in [2.05, 4.69) is 29.1 Å². The number of likely N-dealkylation sites (tertiary alicyclic amines) is 1. The van der Waals surface area contributed by atoms with Gasteiger partial charge in [0.15, 0.2) is 0 Å². The highest BCUT2D eigenvalue weighted by Crippen LogP contribution is 2.14. The maximum absolute atomic E-state index is 12.1. The smallest absolute Gasteiger partial charge is 0.240 e. The summed E-state index contributed by atoms with van der Waals surface area (Å²) in [6.45, 7) is 7.37. The van der Waals surface area contributed by atoms with Crippen molar-refractivity contribution in [3.63, 3.8) is 0 Å². The van der Waals surface area contributed by atoms with Crippen LogP contribution in [0.2, 0.25) is 0 Å². The van der Waals surface area contributed by atoms with E-state index in [1.807, 2.05) is 11.8 Å². The van der Waals surface area contributed by atoms with Crippen molar-refractivity contribution < 1.29 is 4.79 Å². The van der Waals surface area contributed by atoms with Gasteiger partial charge < -0.3 is 10.2 Å². The van der Waals surface area contributed by atoms with E-state index in [1.165, 1.54) is 0 Å². The summed E-state index contributed by atoms with van der Waals surface area (Å²) in [5.74, 6) is 0.172. The van der Waals surface area contributed by atoms with Gasteiger partial charge in [0.25, 0.3) is 0 Å². The Morgan fingerprint density at radius 3 is 2.83 bits per heavy atom. The molecule has 18 heavy (non-hydrogen) atoms. The van der Waals surface area contributed by atoms with Gasteiger partial charge in [0, 0.05) is 18.8 Å². The Balaban J connectivity index is 1.95. The third-order valence-corrected chi connectivity index (χ3v) is 3.02. The molecule has 1 N–H and O–H groups in total. The van der Waals surface area contributed by atoms with Crippen LogP contribution in [0.5, 0.6) is 0 Å². The monoisotopic (exact) mass is 248 g/mol. The molecule has 0 bridgehead atoms. The van der Waals surface area contributed by atoms with Gasteiger partial charge in [-0.2, -0.15) is 0 Å². The average molecular weight is 248 g/mol. The van der Waals surface area contributed by atoms with Crippen molar-refractivity contribution >= 4 is 5.91 Å². The number of rotatable bonds is 4. The summed E-state index contributed by atoms with van der Waals surface area (Å²) in [4.78, 5) is 22.5. The number of carbonyl (C=O) groups excluding carboxylic acids is 1. The van der Waals surface area contributed by atoms with Crippen molar-refractivity contribution in [2.45, 2.75) is 45.8 Å². The van der Waals surface area contributed by atoms with Gasteiger partial charge in [0.05, 0.1) is 30.2 Å². The predicted molar refractivity (Wildman–Crippen MR) is 68.9 cm³/mol. The summed E-state index contributed by atoms with van der Waals surface area (Å²) in [6, 6.07) is 0.293. The first-order chi connectivity index (χ1) is 8.56. The molecule has 1 atom stereocenters.